The van der Waals surface area contributed by atoms with Crippen LogP contribution in [0.5, 0.6) is 5.75 Å². The van der Waals surface area contributed by atoms with E-state index in [1.807, 2.05) is 19.1 Å². The van der Waals surface area contributed by atoms with E-state index in [4.69, 9.17) is 4.74 Å². The van der Waals surface area contributed by atoms with E-state index in [9.17, 15) is 4.79 Å². The number of nitrogens with one attached hydrogen (secondary N) is 1. The molecule has 3 nitrogen and oxygen atoms in total. The van der Waals surface area contributed by atoms with Crippen molar-refractivity contribution in [2.75, 3.05) is 12.4 Å². The Morgan fingerprint density at radius 2 is 2.24 bits per heavy atom. The average Bonchev–Trinajstić information content (AvgIpc) is 3.10. The zero-order chi connectivity index (χ0) is 12.5. The summed E-state index contributed by atoms with van der Waals surface area (Å²) in [4.78, 5) is 12.1. The van der Waals surface area contributed by atoms with Crippen molar-refractivity contribution < 1.29 is 9.53 Å². The summed E-state index contributed by atoms with van der Waals surface area (Å²) >= 11 is 3.43. The minimum absolute atomic E-state index is 0.0186. The molecule has 1 aromatic carbocycles. The van der Waals surface area contributed by atoms with Crippen molar-refractivity contribution in [2.24, 2.45) is 0 Å². The fourth-order valence-electron chi connectivity index (χ4n) is 1.72. The largest absolute Gasteiger partial charge is 0.496 e. The molecule has 1 amide bonds. The van der Waals surface area contributed by atoms with Crippen molar-refractivity contribution in [3.63, 3.8) is 0 Å². The van der Waals surface area contributed by atoms with Crippen LogP contribution in [0.1, 0.15) is 28.8 Å². The molecule has 0 radical (unpaired) electrons. The molecule has 0 heterocycles. The van der Waals surface area contributed by atoms with E-state index in [-0.39, 0.29) is 11.4 Å². The second-order valence-corrected chi connectivity index (χ2v) is 5.11. The van der Waals surface area contributed by atoms with Gasteiger partial charge in [0.25, 0.3) is 5.91 Å². The first-order chi connectivity index (χ1) is 8.10. The number of hydrogen-bond donors (Lipinski definition) is 1. The van der Waals surface area contributed by atoms with Gasteiger partial charge in [0.1, 0.15) is 5.75 Å². The Labute approximate surface area is 110 Å². The van der Waals surface area contributed by atoms with Crippen LogP contribution in [0.15, 0.2) is 18.2 Å². The summed E-state index contributed by atoms with van der Waals surface area (Å²) in [5, 5.41) is 3.88. The van der Waals surface area contributed by atoms with Gasteiger partial charge < -0.3 is 10.1 Å². The van der Waals surface area contributed by atoms with Crippen LogP contribution in [0.2, 0.25) is 0 Å². The lowest BCUT2D eigenvalue weighted by Gasteiger charge is -2.15. The quantitative estimate of drug-likeness (QED) is 0.868. The number of carbonyl (C=O) groups is 1. The van der Waals surface area contributed by atoms with Gasteiger partial charge in [-0.3, -0.25) is 4.79 Å². The number of rotatable bonds is 4. The highest BCUT2D eigenvalue weighted by atomic mass is 79.9. The summed E-state index contributed by atoms with van der Waals surface area (Å²) in [6.45, 7) is 1.96. The predicted molar refractivity (Wildman–Crippen MR) is 71.0 cm³/mol. The standard InChI is InChI=1S/C13H16BrNO2/c1-9-3-4-10(7-11(9)17-2)12(16)15-13(8-14)5-6-13/h3-4,7H,5-6,8H2,1-2H3,(H,15,16). The summed E-state index contributed by atoms with van der Waals surface area (Å²) in [6, 6.07) is 5.52. The molecular formula is C13H16BrNO2. The molecule has 4 heteroatoms. The second kappa shape index (κ2) is 4.69. The van der Waals surface area contributed by atoms with Gasteiger partial charge in [0.2, 0.25) is 0 Å². The van der Waals surface area contributed by atoms with Crippen LogP contribution in [0, 0.1) is 6.92 Å². The van der Waals surface area contributed by atoms with Crippen molar-refractivity contribution in [3.8, 4) is 5.75 Å². The first-order valence-corrected chi connectivity index (χ1v) is 6.75. The Balaban J connectivity index is 2.14. The van der Waals surface area contributed by atoms with Crippen LogP contribution in [-0.4, -0.2) is 23.9 Å². The van der Waals surface area contributed by atoms with Crippen molar-refractivity contribution >= 4 is 21.8 Å². The molecule has 0 aromatic heterocycles. The maximum absolute atomic E-state index is 12.1. The lowest BCUT2D eigenvalue weighted by atomic mass is 10.1. The van der Waals surface area contributed by atoms with Gasteiger partial charge in [-0.05, 0) is 37.5 Å². The molecule has 2 rings (SSSR count). The predicted octanol–water partition coefficient (Wildman–Crippen LogP) is 2.66. The van der Waals surface area contributed by atoms with Gasteiger partial charge in [0.15, 0.2) is 0 Å². The van der Waals surface area contributed by atoms with Crippen LogP contribution >= 0.6 is 15.9 Å². The summed E-state index contributed by atoms with van der Waals surface area (Å²) in [5.74, 6) is 0.724. The molecule has 1 aromatic rings. The third-order valence-electron chi connectivity index (χ3n) is 3.16. The molecule has 0 atom stereocenters. The van der Waals surface area contributed by atoms with E-state index < -0.39 is 0 Å². The van der Waals surface area contributed by atoms with Crippen molar-refractivity contribution in [1.82, 2.24) is 5.32 Å². The fourth-order valence-corrected chi connectivity index (χ4v) is 2.42. The number of amides is 1. The van der Waals surface area contributed by atoms with E-state index in [1.54, 1.807) is 13.2 Å². The number of methoxy groups -OCH3 is 1. The third kappa shape index (κ3) is 2.63. The van der Waals surface area contributed by atoms with Gasteiger partial charge in [-0.1, -0.05) is 22.0 Å². The normalized spacial score (nSPS) is 16.4. The zero-order valence-electron chi connectivity index (χ0n) is 10.0. The molecule has 0 saturated heterocycles. The second-order valence-electron chi connectivity index (χ2n) is 4.55. The maximum atomic E-state index is 12.1. The van der Waals surface area contributed by atoms with Crippen LogP contribution in [0.3, 0.4) is 0 Å². The fraction of sp³-hybridized carbons (Fsp3) is 0.462. The highest BCUT2D eigenvalue weighted by Crippen LogP contribution is 2.37. The molecule has 0 spiro atoms. The molecule has 1 N–H and O–H groups in total. The zero-order valence-corrected chi connectivity index (χ0v) is 11.6. The minimum atomic E-state index is -0.0275. The molecule has 0 unspecified atom stereocenters. The van der Waals surface area contributed by atoms with Crippen molar-refractivity contribution in [1.29, 1.82) is 0 Å². The Morgan fingerprint density at radius 1 is 1.53 bits per heavy atom. The third-order valence-corrected chi connectivity index (χ3v) is 4.23. The lowest BCUT2D eigenvalue weighted by Crippen LogP contribution is -2.38. The molecule has 92 valence electrons. The van der Waals surface area contributed by atoms with E-state index in [1.165, 1.54) is 0 Å². The Hall–Kier alpha value is -1.03. The lowest BCUT2D eigenvalue weighted by molar-refractivity contribution is 0.0936. The molecule has 1 saturated carbocycles. The summed E-state index contributed by atoms with van der Waals surface area (Å²) in [6.07, 6.45) is 2.10. The van der Waals surface area contributed by atoms with E-state index >= 15 is 0 Å². The van der Waals surface area contributed by atoms with Gasteiger partial charge in [0, 0.05) is 10.9 Å². The minimum Gasteiger partial charge on any atom is -0.496 e. The molecule has 1 aliphatic carbocycles. The molecular weight excluding hydrogens is 282 g/mol. The Kier molecular flexibility index (Phi) is 3.43. The summed E-state index contributed by atoms with van der Waals surface area (Å²) in [5.41, 5.74) is 1.67. The first-order valence-electron chi connectivity index (χ1n) is 5.63. The number of halogens is 1. The monoisotopic (exact) mass is 297 g/mol. The van der Waals surface area contributed by atoms with E-state index in [0.29, 0.717) is 5.56 Å². The maximum Gasteiger partial charge on any atom is 0.251 e. The smallest absolute Gasteiger partial charge is 0.251 e. The van der Waals surface area contributed by atoms with Crippen molar-refractivity contribution in [3.05, 3.63) is 29.3 Å². The van der Waals surface area contributed by atoms with Gasteiger partial charge in [-0.25, -0.2) is 0 Å². The summed E-state index contributed by atoms with van der Waals surface area (Å²) < 4.78 is 5.22. The SMILES string of the molecule is COc1cc(C(=O)NC2(CBr)CC2)ccc1C. The van der Waals surface area contributed by atoms with Gasteiger partial charge in [-0.2, -0.15) is 0 Å². The number of hydrogen-bond acceptors (Lipinski definition) is 2. The van der Waals surface area contributed by atoms with Crippen LogP contribution in [-0.2, 0) is 0 Å². The van der Waals surface area contributed by atoms with Crippen LogP contribution in [0.4, 0.5) is 0 Å². The first kappa shape index (κ1) is 12.4. The molecule has 0 aliphatic heterocycles. The Morgan fingerprint density at radius 3 is 2.76 bits per heavy atom. The average molecular weight is 298 g/mol. The van der Waals surface area contributed by atoms with Gasteiger partial charge >= 0.3 is 0 Å². The van der Waals surface area contributed by atoms with Gasteiger partial charge in [0.05, 0.1) is 12.6 Å². The number of benzene rings is 1. The van der Waals surface area contributed by atoms with Crippen LogP contribution < -0.4 is 10.1 Å². The number of ether oxygens (including phenoxy) is 1. The highest BCUT2D eigenvalue weighted by Gasteiger charge is 2.43. The number of alkyl halides is 1. The topological polar surface area (TPSA) is 38.3 Å². The Bertz CT molecular complexity index is 441. The molecule has 17 heavy (non-hydrogen) atoms. The van der Waals surface area contributed by atoms with Gasteiger partial charge in [-0.15, -0.1) is 0 Å². The van der Waals surface area contributed by atoms with E-state index in [2.05, 4.69) is 21.2 Å². The van der Waals surface area contributed by atoms with E-state index in [0.717, 1.165) is 29.5 Å². The highest BCUT2D eigenvalue weighted by molar-refractivity contribution is 9.09. The van der Waals surface area contributed by atoms with Crippen LogP contribution in [0.25, 0.3) is 0 Å². The summed E-state index contributed by atoms with van der Waals surface area (Å²) in [7, 11) is 1.62. The molecule has 0 bridgehead atoms. The number of aryl methyl sites for hydroxylation is 1. The molecule has 1 aliphatic rings. The van der Waals surface area contributed by atoms with Crippen molar-refractivity contribution in [2.45, 2.75) is 25.3 Å². The number of carbonyl (C=O) groups excluding carboxylic acids is 1. The molecule has 1 fully saturated rings.